The summed E-state index contributed by atoms with van der Waals surface area (Å²) in [5.41, 5.74) is 2.35. The second-order valence-electron chi connectivity index (χ2n) is 8.65. The quantitative estimate of drug-likeness (QED) is 0.646. The van der Waals surface area contributed by atoms with E-state index < -0.39 is 0 Å². The number of amides is 1. The van der Waals surface area contributed by atoms with Crippen molar-refractivity contribution < 1.29 is 4.79 Å². The molecule has 2 aliphatic rings. The number of likely N-dealkylation sites (tertiary alicyclic amines) is 2. The van der Waals surface area contributed by atoms with Gasteiger partial charge in [0.2, 0.25) is 5.91 Å². The summed E-state index contributed by atoms with van der Waals surface area (Å²) < 4.78 is 2.05. The van der Waals surface area contributed by atoms with Gasteiger partial charge in [-0.25, -0.2) is 24.9 Å². The molecule has 1 N–H and O–H groups in total. The Labute approximate surface area is 187 Å². The van der Waals surface area contributed by atoms with Crippen molar-refractivity contribution in [1.29, 1.82) is 0 Å². The van der Waals surface area contributed by atoms with Crippen molar-refractivity contribution in [3.8, 4) is 11.4 Å². The van der Waals surface area contributed by atoms with E-state index in [4.69, 9.17) is 4.98 Å². The van der Waals surface area contributed by atoms with Crippen LogP contribution in [-0.2, 0) is 11.3 Å². The highest BCUT2D eigenvalue weighted by Crippen LogP contribution is 2.28. The fourth-order valence-electron chi connectivity index (χ4n) is 4.77. The highest BCUT2D eigenvalue weighted by atomic mass is 16.2. The number of anilines is 1. The van der Waals surface area contributed by atoms with Crippen molar-refractivity contribution in [2.24, 2.45) is 0 Å². The molecule has 2 saturated heterocycles. The summed E-state index contributed by atoms with van der Waals surface area (Å²) in [6.07, 6.45) is 8.08. The molecule has 3 aromatic rings. The van der Waals surface area contributed by atoms with Crippen LogP contribution in [-0.4, -0.2) is 84.0 Å². The molecule has 0 spiro atoms. The van der Waals surface area contributed by atoms with E-state index in [1.165, 1.54) is 0 Å². The van der Waals surface area contributed by atoms with Gasteiger partial charge < -0.3 is 14.8 Å². The van der Waals surface area contributed by atoms with Crippen LogP contribution in [0.15, 0.2) is 18.7 Å². The van der Waals surface area contributed by atoms with Crippen LogP contribution in [0.5, 0.6) is 0 Å². The number of carbonyl (C=O) groups excluding carboxylic acids is 1. The van der Waals surface area contributed by atoms with Crippen LogP contribution < -0.4 is 5.32 Å². The predicted octanol–water partition coefficient (Wildman–Crippen LogP) is 1.72. The van der Waals surface area contributed by atoms with Crippen LogP contribution in [0.3, 0.4) is 0 Å². The number of hydrogen-bond donors (Lipinski definition) is 1. The van der Waals surface area contributed by atoms with Crippen LogP contribution in [0, 0.1) is 6.92 Å². The van der Waals surface area contributed by atoms with E-state index >= 15 is 0 Å². The fraction of sp³-hybridized carbons (Fsp3) is 0.545. The SMILES string of the molecule is CCn1c(-c2cnc(C)nc2)nc2c(NC3CCN(C(=O)[C@@H]4CCCN4C)C3)ncnc21. The van der Waals surface area contributed by atoms with Gasteiger partial charge in [-0.1, -0.05) is 0 Å². The predicted molar refractivity (Wildman–Crippen MR) is 121 cm³/mol. The first-order chi connectivity index (χ1) is 15.5. The summed E-state index contributed by atoms with van der Waals surface area (Å²) in [6, 6.07) is 0.167. The van der Waals surface area contributed by atoms with Crippen LogP contribution in [0.1, 0.15) is 32.0 Å². The number of hydrogen-bond acceptors (Lipinski definition) is 8. The Hall–Kier alpha value is -3.14. The van der Waals surface area contributed by atoms with Gasteiger partial charge in [-0.2, -0.15) is 0 Å². The third kappa shape index (κ3) is 3.68. The molecule has 168 valence electrons. The van der Waals surface area contributed by atoms with Crippen molar-refractivity contribution in [2.45, 2.75) is 51.7 Å². The zero-order chi connectivity index (χ0) is 22.2. The van der Waals surface area contributed by atoms with E-state index in [2.05, 4.69) is 41.6 Å². The summed E-state index contributed by atoms with van der Waals surface area (Å²) in [7, 11) is 2.04. The Kier molecular flexibility index (Phi) is 5.46. The van der Waals surface area contributed by atoms with Gasteiger partial charge in [-0.05, 0) is 46.7 Å². The highest BCUT2D eigenvalue weighted by molar-refractivity contribution is 5.86. The van der Waals surface area contributed by atoms with E-state index in [9.17, 15) is 4.79 Å². The molecule has 2 aliphatic heterocycles. The molecule has 5 heterocycles. The number of nitrogens with zero attached hydrogens (tertiary/aromatic N) is 8. The summed E-state index contributed by atoms with van der Waals surface area (Å²) in [6.45, 7) is 7.10. The average Bonchev–Trinajstić information content (AvgIpc) is 3.52. The maximum absolute atomic E-state index is 12.9. The molecule has 3 aromatic heterocycles. The van der Waals surface area contributed by atoms with Crippen molar-refractivity contribution in [1.82, 2.24) is 39.3 Å². The molecule has 0 bridgehead atoms. The zero-order valence-electron chi connectivity index (χ0n) is 18.8. The number of imidazole rings is 1. The Morgan fingerprint density at radius 2 is 1.97 bits per heavy atom. The second-order valence-corrected chi connectivity index (χ2v) is 8.65. The molecule has 1 unspecified atom stereocenters. The van der Waals surface area contributed by atoms with Crippen molar-refractivity contribution >= 4 is 22.9 Å². The van der Waals surface area contributed by atoms with Gasteiger partial charge in [0, 0.05) is 38.1 Å². The Balaban J connectivity index is 1.38. The Bertz CT molecular complexity index is 1130. The molecule has 2 fully saturated rings. The summed E-state index contributed by atoms with van der Waals surface area (Å²) >= 11 is 0. The third-order valence-electron chi connectivity index (χ3n) is 6.53. The van der Waals surface area contributed by atoms with Gasteiger partial charge in [-0.3, -0.25) is 9.69 Å². The van der Waals surface area contributed by atoms with Gasteiger partial charge in [0.1, 0.15) is 18.0 Å². The van der Waals surface area contributed by atoms with E-state index in [1.807, 2.05) is 18.9 Å². The minimum atomic E-state index is 0.0269. The largest absolute Gasteiger partial charge is 0.364 e. The number of rotatable bonds is 5. The summed E-state index contributed by atoms with van der Waals surface area (Å²) in [5, 5.41) is 3.53. The molecule has 0 saturated carbocycles. The van der Waals surface area contributed by atoms with Crippen molar-refractivity contribution in [3.05, 3.63) is 24.5 Å². The van der Waals surface area contributed by atoms with Gasteiger partial charge >= 0.3 is 0 Å². The van der Waals surface area contributed by atoms with Crippen LogP contribution in [0.2, 0.25) is 0 Å². The van der Waals surface area contributed by atoms with Crippen molar-refractivity contribution in [2.75, 3.05) is 32.0 Å². The molecule has 0 aromatic carbocycles. The molecule has 0 aliphatic carbocycles. The van der Waals surface area contributed by atoms with E-state index in [0.717, 1.165) is 67.3 Å². The maximum atomic E-state index is 12.9. The number of likely N-dealkylation sites (N-methyl/N-ethyl adjacent to an activating group) is 1. The molecule has 1 amide bonds. The first-order valence-electron chi connectivity index (χ1n) is 11.3. The molecule has 0 radical (unpaired) electrons. The zero-order valence-corrected chi connectivity index (χ0v) is 18.8. The van der Waals surface area contributed by atoms with Crippen LogP contribution >= 0.6 is 0 Å². The fourth-order valence-corrected chi connectivity index (χ4v) is 4.77. The number of aromatic nitrogens is 6. The molecular weight excluding hydrogens is 406 g/mol. The molecule has 5 rings (SSSR count). The third-order valence-corrected chi connectivity index (χ3v) is 6.53. The van der Waals surface area contributed by atoms with E-state index in [-0.39, 0.29) is 18.0 Å². The smallest absolute Gasteiger partial charge is 0.239 e. The lowest BCUT2D eigenvalue weighted by Crippen LogP contribution is -2.44. The monoisotopic (exact) mass is 435 g/mol. The van der Waals surface area contributed by atoms with E-state index in [0.29, 0.717) is 12.4 Å². The molecule has 32 heavy (non-hydrogen) atoms. The standard InChI is InChI=1S/C22H29N9O/c1-4-31-20(15-10-23-14(2)24-11-15)28-18-19(25-13-26-21(18)31)27-16-7-9-30(12-16)22(32)17-6-5-8-29(17)3/h10-11,13,16-17H,4-9,12H2,1-3H3,(H,25,26,27)/t16?,17-/m0/s1. The summed E-state index contributed by atoms with van der Waals surface area (Å²) in [4.78, 5) is 39.6. The van der Waals surface area contributed by atoms with Crippen LogP contribution in [0.4, 0.5) is 5.82 Å². The molecular formula is C22H29N9O. The lowest BCUT2D eigenvalue weighted by atomic mass is 10.2. The number of aryl methyl sites for hydroxylation is 2. The minimum Gasteiger partial charge on any atom is -0.364 e. The van der Waals surface area contributed by atoms with Gasteiger partial charge in [0.05, 0.1) is 11.6 Å². The van der Waals surface area contributed by atoms with E-state index in [1.54, 1.807) is 18.7 Å². The molecule has 10 heteroatoms. The normalized spacial score (nSPS) is 21.5. The number of nitrogens with one attached hydrogen (secondary N) is 1. The van der Waals surface area contributed by atoms with Crippen LogP contribution in [0.25, 0.3) is 22.6 Å². The second kappa shape index (κ2) is 8.42. The highest BCUT2D eigenvalue weighted by Gasteiger charge is 2.35. The molecule has 2 atom stereocenters. The average molecular weight is 436 g/mol. The first-order valence-corrected chi connectivity index (χ1v) is 11.3. The maximum Gasteiger partial charge on any atom is 0.239 e. The Morgan fingerprint density at radius 1 is 1.16 bits per heavy atom. The number of fused-ring (bicyclic) bond motifs is 1. The lowest BCUT2D eigenvalue weighted by Gasteiger charge is -2.25. The summed E-state index contributed by atoms with van der Waals surface area (Å²) in [5.74, 6) is 2.45. The topological polar surface area (TPSA) is 105 Å². The van der Waals surface area contributed by atoms with Gasteiger partial charge in [-0.15, -0.1) is 0 Å². The number of carbonyl (C=O) groups is 1. The first kappa shape index (κ1) is 20.7. The minimum absolute atomic E-state index is 0.0269. The molecule has 10 nitrogen and oxygen atoms in total. The lowest BCUT2D eigenvalue weighted by molar-refractivity contribution is -0.134. The van der Waals surface area contributed by atoms with Crippen molar-refractivity contribution in [3.63, 3.8) is 0 Å². The van der Waals surface area contributed by atoms with Gasteiger partial charge in [0.25, 0.3) is 0 Å². The Morgan fingerprint density at radius 3 is 2.69 bits per heavy atom. The van der Waals surface area contributed by atoms with Gasteiger partial charge in [0.15, 0.2) is 17.0 Å².